The van der Waals surface area contributed by atoms with Crippen LogP contribution in [0.15, 0.2) is 5.38 Å². The normalized spacial score (nSPS) is 23.0. The summed E-state index contributed by atoms with van der Waals surface area (Å²) in [5.41, 5.74) is 1.54. The Labute approximate surface area is 123 Å². The van der Waals surface area contributed by atoms with Gasteiger partial charge in [0.2, 0.25) is 5.01 Å². The van der Waals surface area contributed by atoms with Crippen molar-refractivity contribution in [1.29, 1.82) is 0 Å². The van der Waals surface area contributed by atoms with Crippen LogP contribution in [0.4, 0.5) is 0 Å². The van der Waals surface area contributed by atoms with Crippen LogP contribution in [-0.4, -0.2) is 34.0 Å². The number of carboxylic acids is 1. The van der Waals surface area contributed by atoms with Gasteiger partial charge in [-0.3, -0.25) is 4.90 Å². The maximum atomic E-state index is 10.8. The number of nitrogens with zero attached hydrogens (tertiary/aromatic N) is 2. The number of piperidine rings is 1. The molecule has 1 spiro atoms. The molecule has 1 saturated heterocycles. The largest absolute Gasteiger partial charge is 0.476 e. The average molecular weight is 294 g/mol. The Morgan fingerprint density at radius 3 is 2.55 bits per heavy atom. The molecule has 2 aliphatic rings. The van der Waals surface area contributed by atoms with Crippen LogP contribution in [0.1, 0.15) is 60.4 Å². The van der Waals surface area contributed by atoms with E-state index in [0.717, 1.165) is 25.3 Å². The molecule has 1 aliphatic heterocycles. The van der Waals surface area contributed by atoms with Gasteiger partial charge in [-0.15, -0.1) is 11.3 Å². The molecule has 1 N–H and O–H groups in total. The van der Waals surface area contributed by atoms with E-state index >= 15 is 0 Å². The van der Waals surface area contributed by atoms with Gasteiger partial charge in [0.15, 0.2) is 0 Å². The monoisotopic (exact) mass is 294 g/mol. The number of aromatic carboxylic acids is 1. The highest BCUT2D eigenvalue weighted by molar-refractivity contribution is 7.11. The summed E-state index contributed by atoms with van der Waals surface area (Å²) in [5, 5.41) is 11.0. The molecule has 3 rings (SSSR count). The fourth-order valence-electron chi connectivity index (χ4n) is 3.69. The van der Waals surface area contributed by atoms with Crippen LogP contribution in [-0.2, 0) is 6.54 Å². The van der Waals surface area contributed by atoms with E-state index in [9.17, 15) is 4.79 Å². The van der Waals surface area contributed by atoms with Crippen molar-refractivity contribution >= 4 is 17.3 Å². The number of hydrogen-bond acceptors (Lipinski definition) is 4. The topological polar surface area (TPSA) is 53.4 Å². The summed E-state index contributed by atoms with van der Waals surface area (Å²) < 4.78 is 0. The molecule has 0 atom stereocenters. The predicted molar refractivity (Wildman–Crippen MR) is 79.1 cm³/mol. The third-order valence-corrected chi connectivity index (χ3v) is 5.83. The van der Waals surface area contributed by atoms with Gasteiger partial charge in [-0.2, -0.15) is 0 Å². The molecule has 0 radical (unpaired) electrons. The Bertz CT molecular complexity index is 470. The molecule has 5 heteroatoms. The van der Waals surface area contributed by atoms with Crippen LogP contribution < -0.4 is 0 Å². The van der Waals surface area contributed by atoms with Crippen molar-refractivity contribution in [3.8, 4) is 0 Å². The van der Waals surface area contributed by atoms with Crippen LogP contribution in [0, 0.1) is 5.41 Å². The van der Waals surface area contributed by atoms with Crippen molar-refractivity contribution < 1.29 is 9.90 Å². The first-order valence-corrected chi connectivity index (χ1v) is 8.45. The molecule has 0 amide bonds. The summed E-state index contributed by atoms with van der Waals surface area (Å²) in [6.07, 6.45) is 9.69. The second-order valence-corrected chi connectivity index (χ2v) is 7.14. The maximum absolute atomic E-state index is 10.8. The smallest absolute Gasteiger partial charge is 0.365 e. The van der Waals surface area contributed by atoms with Gasteiger partial charge >= 0.3 is 5.97 Å². The lowest BCUT2D eigenvalue weighted by Gasteiger charge is -2.44. The van der Waals surface area contributed by atoms with Crippen molar-refractivity contribution in [3.05, 3.63) is 16.1 Å². The first-order valence-electron chi connectivity index (χ1n) is 7.57. The maximum Gasteiger partial charge on any atom is 0.365 e. The highest BCUT2D eigenvalue weighted by Crippen LogP contribution is 2.44. The Morgan fingerprint density at radius 1 is 1.25 bits per heavy atom. The lowest BCUT2D eigenvalue weighted by molar-refractivity contribution is 0.0634. The molecule has 0 bridgehead atoms. The predicted octanol–water partition coefficient (Wildman–Crippen LogP) is 3.39. The Kier molecular flexibility index (Phi) is 4.08. The van der Waals surface area contributed by atoms with Crippen molar-refractivity contribution in [2.45, 2.75) is 51.5 Å². The van der Waals surface area contributed by atoms with E-state index in [-0.39, 0.29) is 5.01 Å². The van der Waals surface area contributed by atoms with Gasteiger partial charge < -0.3 is 5.11 Å². The van der Waals surface area contributed by atoms with Gasteiger partial charge in [0.1, 0.15) is 0 Å². The summed E-state index contributed by atoms with van der Waals surface area (Å²) in [6.45, 7) is 3.08. The standard InChI is InChI=1S/C15H22N2O2S/c18-14(19)13-16-12(11-20-13)10-17-8-6-15(7-9-17)4-2-1-3-5-15/h11H,1-10H2,(H,18,19). The number of likely N-dealkylation sites (tertiary alicyclic amines) is 1. The molecule has 1 aromatic heterocycles. The summed E-state index contributed by atoms with van der Waals surface area (Å²) in [6, 6.07) is 0. The number of carboxylic acid groups (broad SMARTS) is 1. The quantitative estimate of drug-likeness (QED) is 0.928. The van der Waals surface area contributed by atoms with Gasteiger partial charge in [-0.05, 0) is 44.2 Å². The van der Waals surface area contributed by atoms with Crippen molar-refractivity contribution in [1.82, 2.24) is 9.88 Å². The molecule has 1 aliphatic carbocycles. The minimum absolute atomic E-state index is 0.209. The molecule has 0 aromatic carbocycles. The zero-order chi connectivity index (χ0) is 14.0. The van der Waals surface area contributed by atoms with E-state index in [2.05, 4.69) is 9.88 Å². The highest BCUT2D eigenvalue weighted by Gasteiger charge is 2.35. The number of carbonyl (C=O) groups is 1. The lowest BCUT2D eigenvalue weighted by atomic mass is 9.68. The summed E-state index contributed by atoms with van der Waals surface area (Å²) >= 11 is 1.23. The van der Waals surface area contributed by atoms with Crippen LogP contribution in [0.25, 0.3) is 0 Å². The molecule has 2 fully saturated rings. The van der Waals surface area contributed by atoms with E-state index in [0.29, 0.717) is 5.41 Å². The van der Waals surface area contributed by atoms with E-state index in [1.807, 2.05) is 5.38 Å². The van der Waals surface area contributed by atoms with E-state index in [1.165, 1.54) is 56.3 Å². The molecular formula is C15H22N2O2S. The molecule has 0 unspecified atom stereocenters. The fourth-order valence-corrected chi connectivity index (χ4v) is 4.34. The molecule has 2 heterocycles. The zero-order valence-corrected chi connectivity index (χ0v) is 12.6. The Balaban J connectivity index is 1.54. The SMILES string of the molecule is O=C(O)c1nc(CN2CCC3(CCCCC3)CC2)cs1. The number of aromatic nitrogens is 1. The van der Waals surface area contributed by atoms with Crippen molar-refractivity contribution in [2.24, 2.45) is 5.41 Å². The third kappa shape index (κ3) is 3.04. The average Bonchev–Trinajstić information content (AvgIpc) is 2.92. The third-order valence-electron chi connectivity index (χ3n) is 4.95. The van der Waals surface area contributed by atoms with Crippen LogP contribution in [0.3, 0.4) is 0 Å². The highest BCUT2D eigenvalue weighted by atomic mass is 32.1. The number of rotatable bonds is 3. The molecule has 4 nitrogen and oxygen atoms in total. The molecular weight excluding hydrogens is 272 g/mol. The van der Waals surface area contributed by atoms with Crippen molar-refractivity contribution in [3.63, 3.8) is 0 Å². The van der Waals surface area contributed by atoms with Gasteiger partial charge in [-0.1, -0.05) is 19.3 Å². The second kappa shape index (κ2) is 5.82. The second-order valence-electron chi connectivity index (χ2n) is 6.29. The molecule has 1 saturated carbocycles. The minimum Gasteiger partial charge on any atom is -0.476 e. The van der Waals surface area contributed by atoms with Gasteiger partial charge in [0.05, 0.1) is 5.69 Å². The van der Waals surface area contributed by atoms with Gasteiger partial charge in [0.25, 0.3) is 0 Å². The fraction of sp³-hybridized carbons (Fsp3) is 0.733. The van der Waals surface area contributed by atoms with Crippen LogP contribution in [0.5, 0.6) is 0 Å². The first kappa shape index (κ1) is 14.0. The molecule has 20 heavy (non-hydrogen) atoms. The number of hydrogen-bond donors (Lipinski definition) is 1. The summed E-state index contributed by atoms with van der Waals surface area (Å²) in [4.78, 5) is 17.5. The van der Waals surface area contributed by atoms with Crippen LogP contribution >= 0.6 is 11.3 Å². The van der Waals surface area contributed by atoms with Crippen LogP contribution in [0.2, 0.25) is 0 Å². The zero-order valence-electron chi connectivity index (χ0n) is 11.8. The summed E-state index contributed by atoms with van der Waals surface area (Å²) in [5.74, 6) is -0.916. The Morgan fingerprint density at radius 2 is 1.95 bits per heavy atom. The minimum atomic E-state index is -0.916. The van der Waals surface area contributed by atoms with E-state index in [4.69, 9.17) is 5.11 Å². The molecule has 1 aromatic rings. The van der Waals surface area contributed by atoms with Gasteiger partial charge in [-0.25, -0.2) is 9.78 Å². The van der Waals surface area contributed by atoms with E-state index < -0.39 is 5.97 Å². The van der Waals surface area contributed by atoms with E-state index in [1.54, 1.807) is 0 Å². The summed E-state index contributed by atoms with van der Waals surface area (Å²) in [7, 11) is 0. The van der Waals surface area contributed by atoms with Crippen molar-refractivity contribution in [2.75, 3.05) is 13.1 Å². The molecule has 110 valence electrons. The lowest BCUT2D eigenvalue weighted by Crippen LogP contribution is -2.40. The number of thiazole rings is 1. The first-order chi connectivity index (χ1) is 9.67. The van der Waals surface area contributed by atoms with Gasteiger partial charge in [0, 0.05) is 11.9 Å². The Hall–Kier alpha value is -0.940.